The van der Waals surface area contributed by atoms with E-state index < -0.39 is 17.6 Å². The molecular weight excluding hydrogens is 373 g/mol. The largest absolute Gasteiger partial charge is 0.457 e. The van der Waals surface area contributed by atoms with Crippen LogP contribution in [0, 0.1) is 5.82 Å². The zero-order chi connectivity index (χ0) is 20.6. The molecule has 6 nitrogen and oxygen atoms in total. The van der Waals surface area contributed by atoms with Crippen molar-refractivity contribution >= 4 is 17.5 Å². The van der Waals surface area contributed by atoms with Crippen molar-refractivity contribution in [1.82, 2.24) is 10.3 Å². The second-order valence-electron chi connectivity index (χ2n) is 6.25. The van der Waals surface area contributed by atoms with Gasteiger partial charge in [-0.1, -0.05) is 13.0 Å². The normalized spacial score (nSPS) is 11.4. The van der Waals surface area contributed by atoms with Gasteiger partial charge >= 0.3 is 11.8 Å². The maximum absolute atomic E-state index is 13.2. The van der Waals surface area contributed by atoms with Crippen LogP contribution in [0.2, 0.25) is 0 Å². The minimum atomic E-state index is -0.767. The molecule has 0 fully saturated rings. The van der Waals surface area contributed by atoms with E-state index in [-0.39, 0.29) is 6.04 Å². The van der Waals surface area contributed by atoms with Gasteiger partial charge in [-0.05, 0) is 60.5 Å². The fourth-order valence-electron chi connectivity index (χ4n) is 2.70. The quantitative estimate of drug-likeness (QED) is 0.615. The highest BCUT2D eigenvalue weighted by Crippen LogP contribution is 2.23. The van der Waals surface area contributed by atoms with Crippen LogP contribution in [-0.4, -0.2) is 16.8 Å². The summed E-state index contributed by atoms with van der Waals surface area (Å²) >= 11 is 0. The zero-order valence-corrected chi connectivity index (χ0v) is 15.8. The maximum atomic E-state index is 13.2. The van der Waals surface area contributed by atoms with Crippen molar-refractivity contribution in [3.63, 3.8) is 0 Å². The summed E-state index contributed by atoms with van der Waals surface area (Å²) in [5, 5.41) is 5.26. The van der Waals surface area contributed by atoms with Gasteiger partial charge in [0, 0.05) is 24.1 Å². The summed E-state index contributed by atoms with van der Waals surface area (Å²) in [4.78, 5) is 28.4. The average molecular weight is 393 g/mol. The molecular formula is C22H20FN3O3. The highest BCUT2D eigenvalue weighted by molar-refractivity contribution is 6.39. The lowest BCUT2D eigenvalue weighted by Gasteiger charge is -2.17. The first kappa shape index (κ1) is 20.0. The smallest absolute Gasteiger partial charge is 0.313 e. The van der Waals surface area contributed by atoms with E-state index in [1.54, 1.807) is 60.9 Å². The zero-order valence-electron chi connectivity index (χ0n) is 15.8. The van der Waals surface area contributed by atoms with Gasteiger partial charge in [0.1, 0.15) is 17.3 Å². The molecule has 0 radical (unpaired) electrons. The Kier molecular flexibility index (Phi) is 6.52. The number of hydrogen-bond acceptors (Lipinski definition) is 4. The third-order valence-corrected chi connectivity index (χ3v) is 4.17. The molecule has 0 aliphatic carbocycles. The van der Waals surface area contributed by atoms with E-state index in [9.17, 15) is 14.0 Å². The monoisotopic (exact) mass is 393 g/mol. The van der Waals surface area contributed by atoms with Crippen molar-refractivity contribution in [2.45, 2.75) is 19.4 Å². The Hall–Kier alpha value is -3.74. The van der Waals surface area contributed by atoms with Crippen LogP contribution in [-0.2, 0) is 9.59 Å². The predicted molar refractivity (Wildman–Crippen MR) is 107 cm³/mol. The molecule has 3 aromatic rings. The van der Waals surface area contributed by atoms with Crippen LogP contribution >= 0.6 is 0 Å². The number of halogens is 1. The minimum Gasteiger partial charge on any atom is -0.457 e. The van der Waals surface area contributed by atoms with Gasteiger partial charge in [0.15, 0.2) is 0 Å². The fraction of sp³-hybridized carbons (Fsp3) is 0.136. The number of rotatable bonds is 6. The van der Waals surface area contributed by atoms with Crippen molar-refractivity contribution in [3.8, 4) is 11.5 Å². The highest BCUT2D eigenvalue weighted by atomic mass is 19.1. The third-order valence-electron chi connectivity index (χ3n) is 4.17. The van der Waals surface area contributed by atoms with Crippen LogP contribution in [0.15, 0.2) is 73.1 Å². The second-order valence-corrected chi connectivity index (χ2v) is 6.25. The van der Waals surface area contributed by atoms with Crippen LogP contribution in [0.3, 0.4) is 0 Å². The Morgan fingerprint density at radius 1 is 1.00 bits per heavy atom. The number of nitrogens with zero attached hydrogens (tertiary/aromatic N) is 1. The summed E-state index contributed by atoms with van der Waals surface area (Å²) in [5.74, 6) is -1.05. The van der Waals surface area contributed by atoms with E-state index in [1.165, 1.54) is 12.1 Å². The molecule has 7 heteroatoms. The van der Waals surface area contributed by atoms with E-state index in [0.717, 1.165) is 5.56 Å². The van der Waals surface area contributed by atoms with Gasteiger partial charge in [-0.25, -0.2) is 4.39 Å². The van der Waals surface area contributed by atoms with Gasteiger partial charge in [-0.3, -0.25) is 14.6 Å². The minimum absolute atomic E-state index is 0.279. The Bertz CT molecular complexity index is 978. The lowest BCUT2D eigenvalue weighted by Crippen LogP contribution is -2.37. The first-order valence-corrected chi connectivity index (χ1v) is 9.10. The topological polar surface area (TPSA) is 80.3 Å². The van der Waals surface area contributed by atoms with Crippen molar-refractivity contribution in [2.24, 2.45) is 0 Å². The third kappa shape index (κ3) is 5.62. The van der Waals surface area contributed by atoms with Crippen LogP contribution in [0.5, 0.6) is 11.5 Å². The van der Waals surface area contributed by atoms with Crippen LogP contribution in [0.1, 0.15) is 24.9 Å². The van der Waals surface area contributed by atoms with E-state index in [4.69, 9.17) is 4.74 Å². The molecule has 0 aliphatic rings. The summed E-state index contributed by atoms with van der Waals surface area (Å²) in [6, 6.07) is 15.5. The summed E-state index contributed by atoms with van der Waals surface area (Å²) in [7, 11) is 0. The lowest BCUT2D eigenvalue weighted by molar-refractivity contribution is -0.136. The molecule has 0 saturated carbocycles. The molecule has 2 N–H and O–H groups in total. The predicted octanol–water partition coefficient (Wildman–Crippen LogP) is 4.22. The van der Waals surface area contributed by atoms with Gasteiger partial charge in [0.2, 0.25) is 0 Å². The van der Waals surface area contributed by atoms with Gasteiger partial charge in [-0.15, -0.1) is 0 Å². The molecule has 2 aromatic carbocycles. The maximum Gasteiger partial charge on any atom is 0.313 e. The van der Waals surface area contributed by atoms with Crippen LogP contribution in [0.25, 0.3) is 0 Å². The summed E-state index contributed by atoms with van der Waals surface area (Å²) in [6.07, 6.45) is 3.91. The molecule has 29 heavy (non-hydrogen) atoms. The number of carbonyl (C=O) groups is 2. The first-order valence-electron chi connectivity index (χ1n) is 9.10. The Morgan fingerprint density at radius 3 is 2.38 bits per heavy atom. The van der Waals surface area contributed by atoms with Crippen molar-refractivity contribution < 1.29 is 18.7 Å². The lowest BCUT2D eigenvalue weighted by atomic mass is 10.1. The van der Waals surface area contributed by atoms with Crippen LogP contribution < -0.4 is 15.4 Å². The average Bonchev–Trinajstić information content (AvgIpc) is 2.74. The SMILES string of the molecule is CCC(NC(=O)C(=O)Nc1ccc(Oc2cccc(F)c2)cc1)c1ccncc1. The summed E-state index contributed by atoms with van der Waals surface area (Å²) in [5.41, 5.74) is 1.32. The van der Waals surface area contributed by atoms with Gasteiger partial charge in [-0.2, -0.15) is 0 Å². The number of anilines is 1. The Labute approximate surface area is 167 Å². The van der Waals surface area contributed by atoms with E-state index in [2.05, 4.69) is 15.6 Å². The first-order chi connectivity index (χ1) is 14.0. The highest BCUT2D eigenvalue weighted by Gasteiger charge is 2.19. The van der Waals surface area contributed by atoms with E-state index in [1.807, 2.05) is 6.92 Å². The number of pyridine rings is 1. The second kappa shape index (κ2) is 9.45. The number of ether oxygens (including phenoxy) is 1. The molecule has 148 valence electrons. The number of nitrogens with one attached hydrogen (secondary N) is 2. The Balaban J connectivity index is 1.57. The van der Waals surface area contributed by atoms with Crippen molar-refractivity contribution in [2.75, 3.05) is 5.32 Å². The molecule has 3 rings (SSSR count). The molecule has 0 aliphatic heterocycles. The molecule has 1 heterocycles. The molecule has 1 unspecified atom stereocenters. The number of carbonyl (C=O) groups excluding carboxylic acids is 2. The molecule has 0 bridgehead atoms. The Morgan fingerprint density at radius 2 is 1.72 bits per heavy atom. The van der Waals surface area contributed by atoms with Gasteiger partial charge in [0.05, 0.1) is 6.04 Å². The van der Waals surface area contributed by atoms with E-state index >= 15 is 0 Å². The number of aromatic nitrogens is 1. The molecule has 0 saturated heterocycles. The molecule has 0 spiro atoms. The fourth-order valence-corrected chi connectivity index (χ4v) is 2.70. The number of hydrogen-bond donors (Lipinski definition) is 2. The van der Waals surface area contributed by atoms with Gasteiger partial charge < -0.3 is 15.4 Å². The molecule has 2 amide bonds. The molecule has 1 atom stereocenters. The van der Waals surface area contributed by atoms with E-state index in [0.29, 0.717) is 23.6 Å². The number of amides is 2. The summed E-state index contributed by atoms with van der Waals surface area (Å²) < 4.78 is 18.8. The number of benzene rings is 2. The van der Waals surface area contributed by atoms with Crippen molar-refractivity contribution in [3.05, 3.63) is 84.4 Å². The van der Waals surface area contributed by atoms with Crippen LogP contribution in [0.4, 0.5) is 10.1 Å². The van der Waals surface area contributed by atoms with Crippen molar-refractivity contribution in [1.29, 1.82) is 0 Å². The summed E-state index contributed by atoms with van der Waals surface area (Å²) in [6.45, 7) is 1.92. The van der Waals surface area contributed by atoms with Gasteiger partial charge in [0.25, 0.3) is 0 Å². The standard InChI is InChI=1S/C22H20FN3O3/c1-2-20(15-10-12-24-13-11-15)26-22(28)21(27)25-17-6-8-18(9-7-17)29-19-5-3-4-16(23)14-19/h3-14,20H,2H2,1H3,(H,25,27)(H,26,28). The molecule has 1 aromatic heterocycles.